The molecule has 0 radical (unpaired) electrons. The smallest absolute Gasteiger partial charge is 0.306 e. The van der Waals surface area contributed by atoms with E-state index in [-0.39, 0.29) is 0 Å². The van der Waals surface area contributed by atoms with E-state index in [2.05, 4.69) is 0 Å². The molecule has 0 atom stereocenters. The molecule has 2 aromatic rings. The molecule has 0 saturated heterocycles. The van der Waals surface area contributed by atoms with E-state index in [4.69, 9.17) is 21.5 Å². The molecule has 0 fully saturated rings. The summed E-state index contributed by atoms with van der Waals surface area (Å²) in [5.74, 6) is -3.40. The molecule has 33 heavy (non-hydrogen) atoms. The van der Waals surface area contributed by atoms with Crippen molar-refractivity contribution in [2.24, 2.45) is 0 Å². The van der Waals surface area contributed by atoms with Gasteiger partial charge in [-0.2, -0.15) is 33.7 Å². The van der Waals surface area contributed by atoms with Crippen molar-refractivity contribution in [3.05, 3.63) is 36.4 Å². The highest BCUT2D eigenvalue weighted by atomic mass is 32.2. The molecule has 184 valence electrons. The van der Waals surface area contributed by atoms with Crippen LogP contribution in [0.3, 0.4) is 0 Å². The molecule has 0 spiro atoms. The second-order valence-electron chi connectivity index (χ2n) is 6.42. The van der Waals surface area contributed by atoms with Crippen molar-refractivity contribution in [2.45, 2.75) is 0 Å². The molecule has 0 aliphatic rings. The molecule has 0 saturated carbocycles. The highest BCUT2D eigenvalue weighted by molar-refractivity contribution is 7.87. The third-order valence-corrected chi connectivity index (χ3v) is 4.96. The minimum Gasteiger partial charge on any atom is -0.449 e. The Morgan fingerprint density at radius 2 is 0.727 bits per heavy atom. The van der Waals surface area contributed by atoms with Crippen LogP contribution in [-0.2, 0) is 40.5 Å². The number of hydrogen-bond acceptors (Lipinski definition) is 13. The van der Waals surface area contributed by atoms with Crippen LogP contribution in [-0.4, -0.2) is 58.7 Å². The van der Waals surface area contributed by atoms with Gasteiger partial charge in [0.1, 0.15) is 0 Å². The van der Waals surface area contributed by atoms with E-state index in [0.29, 0.717) is 25.0 Å². The first kappa shape index (κ1) is 26.5. The second kappa shape index (κ2) is 9.24. The zero-order valence-electron chi connectivity index (χ0n) is 17.4. The normalized spacial score (nSPS) is 12.6. The second-order valence-corrected chi connectivity index (χ2v) is 12.7. The standard InChI is InChI=1S/C16H18O13S4/c1-30(17,18)26-13-9-5-7-11(15(13)28-32(3,21)22)25-12-8-6-10-14(27-31(2,19)20)16(12)29-33(4,23)24/h5-10H,1-4H3. The molecule has 0 aromatic heterocycles. The summed E-state index contributed by atoms with van der Waals surface area (Å²) >= 11 is 0. The monoisotopic (exact) mass is 546 g/mol. The van der Waals surface area contributed by atoms with Crippen molar-refractivity contribution < 1.29 is 55.1 Å². The fraction of sp³-hybridized carbons (Fsp3) is 0.250. The predicted octanol–water partition coefficient (Wildman–Crippen LogP) is 0.833. The van der Waals surface area contributed by atoms with Crippen molar-refractivity contribution >= 4 is 40.5 Å². The van der Waals surface area contributed by atoms with Crippen molar-refractivity contribution in [1.82, 2.24) is 0 Å². The zero-order chi connectivity index (χ0) is 25.2. The average molecular weight is 547 g/mol. The summed E-state index contributed by atoms with van der Waals surface area (Å²) in [7, 11) is -16.7. The number of hydrogen-bond donors (Lipinski definition) is 0. The molecule has 0 amide bonds. The number of ether oxygens (including phenoxy) is 1. The van der Waals surface area contributed by atoms with E-state index in [1.807, 2.05) is 0 Å². The maximum Gasteiger partial charge on any atom is 0.306 e. The summed E-state index contributed by atoms with van der Waals surface area (Å²) in [6.45, 7) is 0. The summed E-state index contributed by atoms with van der Waals surface area (Å²) in [6.07, 6.45) is 2.75. The van der Waals surface area contributed by atoms with Gasteiger partial charge in [0.2, 0.25) is 11.5 Å². The van der Waals surface area contributed by atoms with Crippen LogP contribution in [0.15, 0.2) is 36.4 Å². The topological polar surface area (TPSA) is 183 Å². The number of rotatable bonds is 10. The van der Waals surface area contributed by atoms with Crippen LogP contribution in [0.1, 0.15) is 0 Å². The Labute approximate surface area is 191 Å². The van der Waals surface area contributed by atoms with Crippen LogP contribution in [0, 0.1) is 0 Å². The van der Waals surface area contributed by atoms with Crippen LogP contribution in [0.25, 0.3) is 0 Å². The quantitative estimate of drug-likeness (QED) is 0.382. The van der Waals surface area contributed by atoms with Gasteiger partial charge in [0.15, 0.2) is 23.0 Å². The fourth-order valence-corrected chi connectivity index (χ4v) is 4.04. The highest BCUT2D eigenvalue weighted by Gasteiger charge is 2.25. The van der Waals surface area contributed by atoms with Crippen LogP contribution >= 0.6 is 0 Å². The lowest BCUT2D eigenvalue weighted by Crippen LogP contribution is -2.12. The van der Waals surface area contributed by atoms with Gasteiger partial charge in [-0.1, -0.05) is 12.1 Å². The molecule has 13 nitrogen and oxygen atoms in total. The van der Waals surface area contributed by atoms with E-state index in [1.165, 1.54) is 12.1 Å². The van der Waals surface area contributed by atoms with Gasteiger partial charge in [-0.3, -0.25) is 0 Å². The highest BCUT2D eigenvalue weighted by Crippen LogP contribution is 2.45. The summed E-state index contributed by atoms with van der Waals surface area (Å²) in [6, 6.07) is 6.88. The molecular weight excluding hydrogens is 528 g/mol. The lowest BCUT2D eigenvalue weighted by molar-refractivity contribution is 0.399. The molecule has 0 heterocycles. The molecule has 0 aliphatic carbocycles. The van der Waals surface area contributed by atoms with Gasteiger partial charge in [0.05, 0.1) is 25.0 Å². The van der Waals surface area contributed by atoms with Gasteiger partial charge >= 0.3 is 40.5 Å². The van der Waals surface area contributed by atoms with Crippen molar-refractivity contribution in [1.29, 1.82) is 0 Å². The molecule has 0 unspecified atom stereocenters. The van der Waals surface area contributed by atoms with E-state index >= 15 is 0 Å². The van der Waals surface area contributed by atoms with Gasteiger partial charge in [0, 0.05) is 0 Å². The lowest BCUT2D eigenvalue weighted by atomic mass is 10.2. The molecule has 0 aliphatic heterocycles. The van der Waals surface area contributed by atoms with Gasteiger partial charge < -0.3 is 21.5 Å². The van der Waals surface area contributed by atoms with Crippen molar-refractivity contribution in [3.63, 3.8) is 0 Å². The first-order valence-corrected chi connectivity index (χ1v) is 15.6. The Bertz CT molecular complexity index is 1360. The van der Waals surface area contributed by atoms with Crippen molar-refractivity contribution in [3.8, 4) is 34.5 Å². The van der Waals surface area contributed by atoms with E-state index in [9.17, 15) is 33.7 Å². The SMILES string of the molecule is CS(=O)(=O)Oc1cccc(Oc2cccc(OS(C)(=O)=O)c2OS(C)(=O)=O)c1OS(C)(=O)=O. The summed E-state index contributed by atoms with van der Waals surface area (Å²) in [5, 5.41) is 0. The predicted molar refractivity (Wildman–Crippen MR) is 115 cm³/mol. The Morgan fingerprint density at radius 1 is 0.455 bits per heavy atom. The van der Waals surface area contributed by atoms with Gasteiger partial charge in [0.25, 0.3) is 0 Å². The van der Waals surface area contributed by atoms with E-state index in [1.54, 1.807) is 0 Å². The van der Waals surface area contributed by atoms with Gasteiger partial charge in [-0.15, -0.1) is 0 Å². The van der Waals surface area contributed by atoms with Gasteiger partial charge in [-0.25, -0.2) is 0 Å². The Balaban J connectivity index is 2.71. The first-order chi connectivity index (χ1) is 14.8. The minimum atomic E-state index is -4.23. The zero-order valence-corrected chi connectivity index (χ0v) is 20.7. The summed E-state index contributed by atoms with van der Waals surface area (Å²) < 4.78 is 118. The van der Waals surface area contributed by atoms with E-state index < -0.39 is 75.0 Å². The third-order valence-electron chi connectivity index (χ3n) is 3.06. The maximum atomic E-state index is 11.7. The van der Waals surface area contributed by atoms with Crippen molar-refractivity contribution in [2.75, 3.05) is 25.0 Å². The summed E-state index contributed by atoms with van der Waals surface area (Å²) in [5.41, 5.74) is 0. The van der Waals surface area contributed by atoms with E-state index in [0.717, 1.165) is 24.3 Å². The number of para-hydroxylation sites is 2. The maximum absolute atomic E-state index is 11.7. The third kappa shape index (κ3) is 8.95. The molecule has 0 N–H and O–H groups in total. The van der Waals surface area contributed by atoms with Crippen LogP contribution < -0.4 is 21.5 Å². The molecular formula is C16H18O13S4. The molecule has 2 rings (SSSR count). The summed E-state index contributed by atoms with van der Waals surface area (Å²) in [4.78, 5) is 0. The van der Waals surface area contributed by atoms with Gasteiger partial charge in [-0.05, 0) is 24.3 Å². The molecule has 2 aromatic carbocycles. The van der Waals surface area contributed by atoms with Crippen LogP contribution in [0.4, 0.5) is 0 Å². The largest absolute Gasteiger partial charge is 0.449 e. The lowest BCUT2D eigenvalue weighted by Gasteiger charge is -2.17. The molecule has 17 heteroatoms. The van der Waals surface area contributed by atoms with Crippen LogP contribution in [0.5, 0.6) is 34.5 Å². The Morgan fingerprint density at radius 3 is 1.00 bits per heavy atom. The van der Waals surface area contributed by atoms with Crippen LogP contribution in [0.2, 0.25) is 0 Å². The fourth-order valence-electron chi connectivity index (χ4n) is 2.20. The Kier molecular flexibility index (Phi) is 7.42. The first-order valence-electron chi connectivity index (χ1n) is 8.35. The number of benzene rings is 2. The average Bonchev–Trinajstić information content (AvgIpc) is 2.56. The molecule has 0 bridgehead atoms. The minimum absolute atomic E-state index is 0.448. The Hall–Kier alpha value is -2.76.